The van der Waals surface area contributed by atoms with Gasteiger partial charge in [0.1, 0.15) is 0 Å². The maximum Gasteiger partial charge on any atom is 0.251 e. The summed E-state index contributed by atoms with van der Waals surface area (Å²) in [6.45, 7) is 0.639. The van der Waals surface area contributed by atoms with Crippen LogP contribution in [-0.2, 0) is 6.54 Å². The molecule has 0 aromatic heterocycles. The van der Waals surface area contributed by atoms with Crippen LogP contribution in [0.2, 0.25) is 0 Å². The summed E-state index contributed by atoms with van der Waals surface area (Å²) in [4.78, 5) is 11.3. The zero-order chi connectivity index (χ0) is 9.97. The van der Waals surface area contributed by atoms with Crippen LogP contribution in [0.1, 0.15) is 21.5 Å². The molecule has 1 N–H and O–H groups in total. The highest BCUT2D eigenvalue weighted by atomic mass is 79.9. The van der Waals surface area contributed by atoms with Crippen LogP contribution in [0.15, 0.2) is 18.2 Å². The fourth-order valence-electron chi connectivity index (χ4n) is 1.43. The molecule has 1 aliphatic rings. The van der Waals surface area contributed by atoms with E-state index in [1.54, 1.807) is 0 Å². The van der Waals surface area contributed by atoms with Crippen LogP contribution >= 0.6 is 15.9 Å². The SMILES string of the molecule is O=C1NCc2ccc(C#CCBr)cc21. The van der Waals surface area contributed by atoms with Crippen LogP contribution in [-0.4, -0.2) is 11.2 Å². The van der Waals surface area contributed by atoms with Crippen LogP contribution in [0.3, 0.4) is 0 Å². The van der Waals surface area contributed by atoms with E-state index in [-0.39, 0.29) is 5.91 Å². The zero-order valence-electron chi connectivity index (χ0n) is 7.43. The minimum absolute atomic E-state index is 0.00231. The fraction of sp³-hybridized carbons (Fsp3) is 0.182. The lowest BCUT2D eigenvalue weighted by atomic mass is 10.1. The zero-order valence-corrected chi connectivity index (χ0v) is 9.02. The van der Waals surface area contributed by atoms with Crippen molar-refractivity contribution in [1.29, 1.82) is 0 Å². The van der Waals surface area contributed by atoms with E-state index in [4.69, 9.17) is 0 Å². The summed E-state index contributed by atoms with van der Waals surface area (Å²) >= 11 is 3.23. The molecule has 70 valence electrons. The van der Waals surface area contributed by atoms with Gasteiger partial charge in [-0.05, 0) is 17.7 Å². The lowest BCUT2D eigenvalue weighted by Gasteiger charge is -1.95. The van der Waals surface area contributed by atoms with Gasteiger partial charge in [0.15, 0.2) is 0 Å². The average Bonchev–Trinajstić information content (AvgIpc) is 2.57. The second-order valence-corrected chi connectivity index (χ2v) is 3.55. The van der Waals surface area contributed by atoms with Gasteiger partial charge in [-0.25, -0.2) is 0 Å². The van der Waals surface area contributed by atoms with E-state index in [1.165, 1.54) is 0 Å². The minimum atomic E-state index is 0.00231. The van der Waals surface area contributed by atoms with E-state index in [9.17, 15) is 4.79 Å². The molecule has 0 spiro atoms. The number of alkyl halides is 1. The molecule has 3 heteroatoms. The summed E-state index contributed by atoms with van der Waals surface area (Å²) in [5, 5.41) is 3.42. The minimum Gasteiger partial charge on any atom is -0.348 e. The molecular formula is C11H8BrNO. The van der Waals surface area contributed by atoms with Crippen LogP contribution in [0.5, 0.6) is 0 Å². The highest BCUT2D eigenvalue weighted by molar-refractivity contribution is 9.09. The Bertz CT molecular complexity index is 442. The van der Waals surface area contributed by atoms with Crippen molar-refractivity contribution in [2.24, 2.45) is 0 Å². The average molecular weight is 250 g/mol. The van der Waals surface area contributed by atoms with Gasteiger partial charge < -0.3 is 5.32 Å². The Labute approximate surface area is 90.8 Å². The lowest BCUT2D eigenvalue weighted by molar-refractivity contribution is 0.0965. The number of carbonyl (C=O) groups excluding carboxylic acids is 1. The first-order valence-corrected chi connectivity index (χ1v) is 5.39. The molecule has 2 nitrogen and oxygen atoms in total. The van der Waals surface area contributed by atoms with Gasteiger partial charge in [0.2, 0.25) is 0 Å². The quantitative estimate of drug-likeness (QED) is 0.550. The van der Waals surface area contributed by atoms with Crippen molar-refractivity contribution in [1.82, 2.24) is 5.32 Å². The van der Waals surface area contributed by atoms with E-state index < -0.39 is 0 Å². The molecule has 0 bridgehead atoms. The largest absolute Gasteiger partial charge is 0.348 e. The van der Waals surface area contributed by atoms with E-state index in [0.29, 0.717) is 11.9 Å². The molecule has 1 amide bonds. The summed E-state index contributed by atoms with van der Waals surface area (Å²) in [6, 6.07) is 5.73. The molecule has 2 rings (SSSR count). The number of hydrogen-bond acceptors (Lipinski definition) is 1. The molecular weight excluding hydrogens is 242 g/mol. The van der Waals surface area contributed by atoms with E-state index in [0.717, 1.165) is 16.7 Å². The molecule has 1 aromatic rings. The number of nitrogens with one attached hydrogen (secondary N) is 1. The summed E-state index contributed by atoms with van der Waals surface area (Å²) in [5.74, 6) is 5.88. The number of fused-ring (bicyclic) bond motifs is 1. The molecule has 0 saturated heterocycles. The van der Waals surface area contributed by atoms with Crippen molar-refractivity contribution >= 4 is 21.8 Å². The highest BCUT2D eigenvalue weighted by Crippen LogP contribution is 2.16. The number of carbonyl (C=O) groups is 1. The van der Waals surface area contributed by atoms with Gasteiger partial charge in [0.25, 0.3) is 5.91 Å². The van der Waals surface area contributed by atoms with E-state index in [2.05, 4.69) is 33.1 Å². The third kappa shape index (κ3) is 1.66. The number of halogens is 1. The molecule has 0 atom stereocenters. The van der Waals surface area contributed by atoms with Crippen LogP contribution in [0.4, 0.5) is 0 Å². The fourth-order valence-corrected chi connectivity index (χ4v) is 1.57. The summed E-state index contributed by atoms with van der Waals surface area (Å²) in [6.07, 6.45) is 0. The molecule has 14 heavy (non-hydrogen) atoms. The predicted octanol–water partition coefficient (Wildman–Crippen LogP) is 1.68. The van der Waals surface area contributed by atoms with Crippen molar-refractivity contribution in [3.63, 3.8) is 0 Å². The Morgan fingerprint density at radius 3 is 3.14 bits per heavy atom. The highest BCUT2D eigenvalue weighted by Gasteiger charge is 2.17. The van der Waals surface area contributed by atoms with Crippen molar-refractivity contribution in [3.05, 3.63) is 34.9 Å². The summed E-state index contributed by atoms with van der Waals surface area (Å²) < 4.78 is 0. The summed E-state index contributed by atoms with van der Waals surface area (Å²) in [5.41, 5.74) is 2.70. The Morgan fingerprint density at radius 1 is 1.50 bits per heavy atom. The molecule has 0 unspecified atom stereocenters. The van der Waals surface area contributed by atoms with Gasteiger partial charge in [-0.2, -0.15) is 0 Å². The molecule has 1 aromatic carbocycles. The van der Waals surface area contributed by atoms with Crippen molar-refractivity contribution < 1.29 is 4.79 Å². The topological polar surface area (TPSA) is 29.1 Å². The van der Waals surface area contributed by atoms with Gasteiger partial charge in [-0.1, -0.05) is 33.8 Å². The van der Waals surface area contributed by atoms with Crippen molar-refractivity contribution in [2.75, 3.05) is 5.33 Å². The third-order valence-electron chi connectivity index (χ3n) is 2.09. The molecule has 0 saturated carbocycles. The van der Waals surface area contributed by atoms with Gasteiger partial charge in [0.05, 0.1) is 5.33 Å². The maximum atomic E-state index is 11.3. The molecule has 1 aliphatic heterocycles. The second-order valence-electron chi connectivity index (χ2n) is 2.99. The van der Waals surface area contributed by atoms with Gasteiger partial charge >= 0.3 is 0 Å². The molecule has 1 heterocycles. The van der Waals surface area contributed by atoms with Gasteiger partial charge in [0, 0.05) is 17.7 Å². The number of hydrogen-bond donors (Lipinski definition) is 1. The predicted molar refractivity (Wildman–Crippen MR) is 58.3 cm³/mol. The van der Waals surface area contributed by atoms with E-state index >= 15 is 0 Å². The van der Waals surface area contributed by atoms with Crippen LogP contribution in [0, 0.1) is 11.8 Å². The maximum absolute atomic E-state index is 11.3. The monoisotopic (exact) mass is 249 g/mol. The second kappa shape index (κ2) is 3.85. The number of benzene rings is 1. The lowest BCUT2D eigenvalue weighted by Crippen LogP contribution is -2.12. The smallest absolute Gasteiger partial charge is 0.251 e. The summed E-state index contributed by atoms with van der Waals surface area (Å²) in [7, 11) is 0. The number of amides is 1. The van der Waals surface area contributed by atoms with Gasteiger partial charge in [-0.3, -0.25) is 4.79 Å². The Kier molecular flexibility index (Phi) is 2.55. The number of rotatable bonds is 0. The van der Waals surface area contributed by atoms with E-state index in [1.807, 2.05) is 18.2 Å². The third-order valence-corrected chi connectivity index (χ3v) is 2.37. The van der Waals surface area contributed by atoms with Gasteiger partial charge in [-0.15, -0.1) is 0 Å². The van der Waals surface area contributed by atoms with Crippen LogP contribution < -0.4 is 5.32 Å². The Balaban J connectivity index is 2.39. The molecule has 0 radical (unpaired) electrons. The first-order chi connectivity index (χ1) is 6.81. The first kappa shape index (κ1) is 9.29. The Hall–Kier alpha value is -1.27. The normalized spacial score (nSPS) is 12.8. The standard InChI is InChI=1S/C11H8BrNO/c12-5-1-2-8-3-4-9-7-13-11(14)10(9)6-8/h3-4,6H,5,7H2,(H,13,14). The van der Waals surface area contributed by atoms with Crippen molar-refractivity contribution in [2.45, 2.75) is 6.54 Å². The van der Waals surface area contributed by atoms with Crippen molar-refractivity contribution in [3.8, 4) is 11.8 Å². The first-order valence-electron chi connectivity index (χ1n) is 4.27. The molecule has 0 fully saturated rings. The van der Waals surface area contributed by atoms with Crippen LogP contribution in [0.25, 0.3) is 0 Å². The Morgan fingerprint density at radius 2 is 2.36 bits per heavy atom. The molecule has 0 aliphatic carbocycles.